The molecule has 0 heterocycles. The summed E-state index contributed by atoms with van der Waals surface area (Å²) in [4.78, 5) is 10.8. The molecule has 0 saturated heterocycles. The van der Waals surface area contributed by atoms with Crippen LogP contribution in [0, 0.1) is 0 Å². The largest absolute Gasteiger partial charge is 0.497 e. The minimum atomic E-state index is -0.387. The highest BCUT2D eigenvalue weighted by atomic mass is 16.5. The Labute approximate surface area is 83.1 Å². The summed E-state index contributed by atoms with van der Waals surface area (Å²) in [7, 11) is 1.59. The molecule has 0 saturated carbocycles. The number of rotatable bonds is 4. The molecule has 0 aliphatic carbocycles. The number of ether oxygens (including phenoxy) is 1. The summed E-state index contributed by atoms with van der Waals surface area (Å²) >= 11 is 0. The molecule has 1 amide bonds. The number of nitrogens with two attached hydrogens (primary N) is 1. The normalized spacial score (nSPS) is 11.9. The van der Waals surface area contributed by atoms with E-state index in [2.05, 4.69) is 5.32 Å². The molecule has 0 bridgehead atoms. The minimum absolute atomic E-state index is 0.382. The summed E-state index contributed by atoms with van der Waals surface area (Å²) in [6, 6.07) is 6.94. The van der Waals surface area contributed by atoms with Crippen LogP contribution in [0.5, 0.6) is 5.75 Å². The van der Waals surface area contributed by atoms with Crippen molar-refractivity contribution < 1.29 is 9.53 Å². The van der Waals surface area contributed by atoms with E-state index in [1.54, 1.807) is 20.1 Å². The van der Waals surface area contributed by atoms with E-state index in [1.807, 2.05) is 18.2 Å². The van der Waals surface area contributed by atoms with Gasteiger partial charge in [-0.05, 0) is 19.1 Å². The fraction of sp³-hybridized carbons (Fsp3) is 0.300. The number of primary amides is 1. The van der Waals surface area contributed by atoms with E-state index in [1.165, 1.54) is 0 Å². The summed E-state index contributed by atoms with van der Waals surface area (Å²) in [6.07, 6.45) is 0. The third kappa shape index (κ3) is 2.65. The lowest BCUT2D eigenvalue weighted by atomic mass is 10.2. The third-order valence-electron chi connectivity index (χ3n) is 1.88. The third-order valence-corrected chi connectivity index (χ3v) is 1.88. The molecule has 4 nitrogen and oxygen atoms in total. The van der Waals surface area contributed by atoms with Gasteiger partial charge in [-0.2, -0.15) is 0 Å². The maximum atomic E-state index is 10.8. The fourth-order valence-corrected chi connectivity index (χ4v) is 1.03. The zero-order chi connectivity index (χ0) is 10.6. The second-order valence-electron chi connectivity index (χ2n) is 3.00. The second kappa shape index (κ2) is 4.50. The van der Waals surface area contributed by atoms with E-state index in [0.29, 0.717) is 0 Å². The molecule has 0 aromatic heterocycles. The summed E-state index contributed by atoms with van der Waals surface area (Å²) in [5.74, 6) is 0.361. The average Bonchev–Trinajstić information content (AvgIpc) is 2.18. The molecule has 3 N–H and O–H groups in total. The van der Waals surface area contributed by atoms with Gasteiger partial charge in [0.2, 0.25) is 5.91 Å². The van der Waals surface area contributed by atoms with Gasteiger partial charge in [0.15, 0.2) is 0 Å². The van der Waals surface area contributed by atoms with E-state index in [9.17, 15) is 4.79 Å². The quantitative estimate of drug-likeness (QED) is 0.751. The predicted molar refractivity (Wildman–Crippen MR) is 55.3 cm³/mol. The van der Waals surface area contributed by atoms with Crippen LogP contribution in [0.15, 0.2) is 24.3 Å². The highest BCUT2D eigenvalue weighted by molar-refractivity contribution is 5.82. The molecule has 0 aliphatic rings. The zero-order valence-electron chi connectivity index (χ0n) is 8.28. The first-order valence-corrected chi connectivity index (χ1v) is 4.33. The standard InChI is InChI=1S/C10H14N2O2/c1-7(10(11)13)12-8-4-3-5-9(6-8)14-2/h3-7,12H,1-2H3,(H2,11,13). The second-order valence-corrected chi connectivity index (χ2v) is 3.00. The van der Waals surface area contributed by atoms with Crippen LogP contribution in [-0.2, 0) is 4.79 Å². The van der Waals surface area contributed by atoms with Crippen molar-refractivity contribution in [3.05, 3.63) is 24.3 Å². The van der Waals surface area contributed by atoms with E-state index in [-0.39, 0.29) is 11.9 Å². The molecule has 0 spiro atoms. The van der Waals surface area contributed by atoms with Gasteiger partial charge in [0, 0.05) is 11.8 Å². The Hall–Kier alpha value is -1.71. The summed E-state index contributed by atoms with van der Waals surface area (Å²) in [5.41, 5.74) is 5.94. The fourth-order valence-electron chi connectivity index (χ4n) is 1.03. The number of benzene rings is 1. The molecular formula is C10H14N2O2. The van der Waals surface area contributed by atoms with Gasteiger partial charge in [0.05, 0.1) is 7.11 Å². The number of nitrogens with one attached hydrogen (secondary N) is 1. The number of carbonyl (C=O) groups is 1. The molecule has 0 fully saturated rings. The number of hydrogen-bond donors (Lipinski definition) is 2. The van der Waals surface area contributed by atoms with Gasteiger partial charge in [0.25, 0.3) is 0 Å². The van der Waals surface area contributed by atoms with Crippen molar-refractivity contribution >= 4 is 11.6 Å². The zero-order valence-corrected chi connectivity index (χ0v) is 8.28. The molecule has 0 radical (unpaired) electrons. The molecule has 1 unspecified atom stereocenters. The van der Waals surface area contributed by atoms with Gasteiger partial charge in [0.1, 0.15) is 11.8 Å². The topological polar surface area (TPSA) is 64.3 Å². The van der Waals surface area contributed by atoms with Crippen molar-refractivity contribution in [1.82, 2.24) is 0 Å². The number of carbonyl (C=O) groups excluding carboxylic acids is 1. The van der Waals surface area contributed by atoms with Crippen LogP contribution in [0.2, 0.25) is 0 Å². The van der Waals surface area contributed by atoms with Gasteiger partial charge in [-0.25, -0.2) is 0 Å². The highest BCUT2D eigenvalue weighted by Gasteiger charge is 2.07. The lowest BCUT2D eigenvalue weighted by molar-refractivity contribution is -0.118. The Morgan fingerprint density at radius 3 is 2.86 bits per heavy atom. The van der Waals surface area contributed by atoms with Crippen LogP contribution in [0.25, 0.3) is 0 Å². The lowest BCUT2D eigenvalue weighted by Gasteiger charge is -2.12. The molecule has 4 heteroatoms. The first-order valence-electron chi connectivity index (χ1n) is 4.33. The van der Waals surface area contributed by atoms with Crippen molar-refractivity contribution in [2.45, 2.75) is 13.0 Å². The predicted octanol–water partition coefficient (Wildman–Crippen LogP) is 0.981. The van der Waals surface area contributed by atoms with Crippen molar-refractivity contribution in [2.24, 2.45) is 5.73 Å². The summed E-state index contributed by atoms with van der Waals surface area (Å²) in [5, 5.41) is 2.96. The molecular weight excluding hydrogens is 180 g/mol. The smallest absolute Gasteiger partial charge is 0.239 e. The van der Waals surface area contributed by atoms with Crippen LogP contribution in [0.1, 0.15) is 6.92 Å². The SMILES string of the molecule is COc1cccc(NC(C)C(N)=O)c1. The van der Waals surface area contributed by atoms with Crippen molar-refractivity contribution in [3.63, 3.8) is 0 Å². The van der Waals surface area contributed by atoms with Crippen molar-refractivity contribution in [2.75, 3.05) is 12.4 Å². The average molecular weight is 194 g/mol. The number of methoxy groups -OCH3 is 1. The Morgan fingerprint density at radius 1 is 1.57 bits per heavy atom. The minimum Gasteiger partial charge on any atom is -0.497 e. The molecule has 1 aromatic carbocycles. The van der Waals surface area contributed by atoms with Crippen LogP contribution < -0.4 is 15.8 Å². The Bertz CT molecular complexity index is 326. The number of anilines is 1. The molecule has 76 valence electrons. The maximum absolute atomic E-state index is 10.8. The highest BCUT2D eigenvalue weighted by Crippen LogP contribution is 2.17. The van der Waals surface area contributed by atoms with E-state index < -0.39 is 0 Å². The van der Waals surface area contributed by atoms with E-state index >= 15 is 0 Å². The van der Waals surface area contributed by atoms with Crippen molar-refractivity contribution in [3.8, 4) is 5.75 Å². The number of amides is 1. The Balaban J connectivity index is 2.71. The molecule has 1 rings (SSSR count). The molecule has 1 atom stereocenters. The lowest BCUT2D eigenvalue weighted by Crippen LogP contribution is -2.32. The van der Waals surface area contributed by atoms with Gasteiger partial charge in [-0.15, -0.1) is 0 Å². The van der Waals surface area contributed by atoms with E-state index in [0.717, 1.165) is 11.4 Å². The van der Waals surface area contributed by atoms with Crippen LogP contribution in [0.4, 0.5) is 5.69 Å². The van der Waals surface area contributed by atoms with E-state index in [4.69, 9.17) is 10.5 Å². The van der Waals surface area contributed by atoms with Gasteiger partial charge < -0.3 is 15.8 Å². The van der Waals surface area contributed by atoms with Gasteiger partial charge >= 0.3 is 0 Å². The van der Waals surface area contributed by atoms with Crippen molar-refractivity contribution in [1.29, 1.82) is 0 Å². The first-order chi connectivity index (χ1) is 6.63. The summed E-state index contributed by atoms with van der Waals surface area (Å²) in [6.45, 7) is 1.71. The van der Waals surface area contributed by atoms with Gasteiger partial charge in [-0.3, -0.25) is 4.79 Å². The maximum Gasteiger partial charge on any atom is 0.239 e. The Kier molecular flexibility index (Phi) is 3.34. The summed E-state index contributed by atoms with van der Waals surface area (Å²) < 4.78 is 5.04. The molecule has 14 heavy (non-hydrogen) atoms. The number of hydrogen-bond acceptors (Lipinski definition) is 3. The van der Waals surface area contributed by atoms with Crippen LogP contribution >= 0.6 is 0 Å². The molecule has 0 aliphatic heterocycles. The van der Waals surface area contributed by atoms with Crippen LogP contribution in [0.3, 0.4) is 0 Å². The first kappa shape index (κ1) is 10.4. The van der Waals surface area contributed by atoms with Gasteiger partial charge in [-0.1, -0.05) is 6.07 Å². The monoisotopic (exact) mass is 194 g/mol. The van der Waals surface area contributed by atoms with Crippen LogP contribution in [-0.4, -0.2) is 19.1 Å². The molecule has 1 aromatic rings. The Morgan fingerprint density at radius 2 is 2.29 bits per heavy atom.